The zero-order valence-corrected chi connectivity index (χ0v) is 11.4. The molecule has 0 bridgehead atoms. The second kappa shape index (κ2) is 6.58. The molecule has 0 spiro atoms. The van der Waals surface area contributed by atoms with Crippen molar-refractivity contribution in [3.8, 4) is 0 Å². The van der Waals surface area contributed by atoms with Crippen LogP contribution < -0.4 is 5.32 Å². The molecule has 1 N–H and O–H groups in total. The summed E-state index contributed by atoms with van der Waals surface area (Å²) in [5, 5.41) is 3.68. The quantitative estimate of drug-likeness (QED) is 0.751. The number of hydrogen-bond donors (Lipinski definition) is 1. The molecule has 1 atom stereocenters. The summed E-state index contributed by atoms with van der Waals surface area (Å²) in [6.07, 6.45) is 4.81. The van der Waals surface area contributed by atoms with Crippen LogP contribution in [-0.2, 0) is 4.74 Å². The van der Waals surface area contributed by atoms with E-state index in [-0.39, 0.29) is 0 Å². The van der Waals surface area contributed by atoms with Crippen LogP contribution in [0.1, 0.15) is 39.5 Å². The predicted octanol–water partition coefficient (Wildman–Crippen LogP) is 1.88. The van der Waals surface area contributed by atoms with Crippen LogP contribution in [0.5, 0.6) is 0 Å². The number of hydrogen-bond acceptors (Lipinski definition) is 3. The summed E-state index contributed by atoms with van der Waals surface area (Å²) in [4.78, 5) is 2.38. The molecule has 1 aliphatic rings. The van der Waals surface area contributed by atoms with Crippen molar-refractivity contribution in [1.82, 2.24) is 10.2 Å². The van der Waals surface area contributed by atoms with Gasteiger partial charge in [-0.15, -0.1) is 0 Å². The highest BCUT2D eigenvalue weighted by atomic mass is 16.5. The molecule has 1 heterocycles. The Morgan fingerprint density at radius 3 is 2.44 bits per heavy atom. The highest BCUT2D eigenvalue weighted by Gasteiger charge is 2.34. The van der Waals surface area contributed by atoms with Crippen molar-refractivity contribution in [2.75, 3.05) is 33.9 Å². The molecule has 0 aromatic carbocycles. The van der Waals surface area contributed by atoms with Crippen LogP contribution >= 0.6 is 0 Å². The number of nitrogens with zero attached hydrogens (tertiary/aromatic N) is 1. The normalized spacial score (nSPS) is 22.3. The van der Waals surface area contributed by atoms with Gasteiger partial charge in [0.15, 0.2) is 0 Å². The molecule has 0 amide bonds. The maximum Gasteiger partial charge on any atom is 0.0484 e. The van der Waals surface area contributed by atoms with Crippen molar-refractivity contribution in [3.05, 3.63) is 0 Å². The maximum absolute atomic E-state index is 5.47. The standard InChI is InChI=1S/C13H28N2O/c1-5-6-12(2)14-11-13(15(3)4)7-9-16-10-8-13/h12,14H,5-11H2,1-4H3. The van der Waals surface area contributed by atoms with E-state index in [0.29, 0.717) is 11.6 Å². The zero-order valence-electron chi connectivity index (χ0n) is 11.4. The first-order valence-electron chi connectivity index (χ1n) is 6.59. The molecule has 3 nitrogen and oxygen atoms in total. The summed E-state index contributed by atoms with van der Waals surface area (Å²) >= 11 is 0. The molecule has 0 saturated carbocycles. The fourth-order valence-corrected chi connectivity index (χ4v) is 2.43. The van der Waals surface area contributed by atoms with Crippen molar-refractivity contribution in [1.29, 1.82) is 0 Å². The van der Waals surface area contributed by atoms with Crippen molar-refractivity contribution in [2.45, 2.75) is 51.1 Å². The Morgan fingerprint density at radius 2 is 1.94 bits per heavy atom. The monoisotopic (exact) mass is 228 g/mol. The lowest BCUT2D eigenvalue weighted by Crippen LogP contribution is -2.56. The lowest BCUT2D eigenvalue weighted by atomic mass is 9.88. The van der Waals surface area contributed by atoms with E-state index in [1.165, 1.54) is 12.8 Å². The fourth-order valence-electron chi connectivity index (χ4n) is 2.43. The summed E-state index contributed by atoms with van der Waals surface area (Å²) in [7, 11) is 4.38. The Balaban J connectivity index is 2.44. The van der Waals surface area contributed by atoms with E-state index in [0.717, 1.165) is 32.6 Å². The molecule has 3 heteroatoms. The summed E-state index contributed by atoms with van der Waals surface area (Å²) in [5.41, 5.74) is 0.306. The van der Waals surface area contributed by atoms with Crippen LogP contribution in [0.15, 0.2) is 0 Å². The van der Waals surface area contributed by atoms with Crippen molar-refractivity contribution >= 4 is 0 Å². The van der Waals surface area contributed by atoms with Gasteiger partial charge in [-0.2, -0.15) is 0 Å². The Labute approximate surface area is 101 Å². The lowest BCUT2D eigenvalue weighted by molar-refractivity contribution is -0.00814. The first-order valence-corrected chi connectivity index (χ1v) is 6.59. The van der Waals surface area contributed by atoms with Gasteiger partial charge in [0.05, 0.1) is 0 Å². The maximum atomic E-state index is 5.47. The van der Waals surface area contributed by atoms with Crippen LogP contribution in [0.4, 0.5) is 0 Å². The van der Waals surface area contributed by atoms with Crippen LogP contribution in [0, 0.1) is 0 Å². The van der Waals surface area contributed by atoms with Gasteiger partial charge in [-0.1, -0.05) is 13.3 Å². The Kier molecular flexibility index (Phi) is 5.73. The first kappa shape index (κ1) is 13.9. The van der Waals surface area contributed by atoms with Crippen molar-refractivity contribution in [3.63, 3.8) is 0 Å². The summed E-state index contributed by atoms with van der Waals surface area (Å²) < 4.78 is 5.47. The van der Waals surface area contributed by atoms with E-state index < -0.39 is 0 Å². The molecule has 1 saturated heterocycles. The molecule has 96 valence electrons. The molecule has 16 heavy (non-hydrogen) atoms. The second-order valence-corrected chi connectivity index (χ2v) is 5.30. The minimum Gasteiger partial charge on any atom is -0.381 e. The van der Waals surface area contributed by atoms with Gasteiger partial charge in [0.1, 0.15) is 0 Å². The van der Waals surface area contributed by atoms with Gasteiger partial charge in [0.2, 0.25) is 0 Å². The SMILES string of the molecule is CCCC(C)NCC1(N(C)C)CCOCC1. The van der Waals surface area contributed by atoms with Crippen LogP contribution in [0.3, 0.4) is 0 Å². The van der Waals surface area contributed by atoms with Gasteiger partial charge >= 0.3 is 0 Å². The third-order valence-corrected chi connectivity index (χ3v) is 3.87. The second-order valence-electron chi connectivity index (χ2n) is 5.30. The zero-order chi connectivity index (χ0) is 12.0. The molecule has 1 unspecified atom stereocenters. The van der Waals surface area contributed by atoms with E-state index in [4.69, 9.17) is 4.74 Å². The van der Waals surface area contributed by atoms with Gasteiger partial charge in [0, 0.05) is 31.3 Å². The van der Waals surface area contributed by atoms with E-state index in [2.05, 4.69) is 38.2 Å². The fraction of sp³-hybridized carbons (Fsp3) is 1.00. The number of ether oxygens (including phenoxy) is 1. The van der Waals surface area contributed by atoms with Gasteiger partial charge in [-0.05, 0) is 40.3 Å². The number of likely N-dealkylation sites (N-methyl/N-ethyl adjacent to an activating group) is 1. The molecule has 0 aliphatic carbocycles. The number of rotatable bonds is 6. The summed E-state index contributed by atoms with van der Waals surface area (Å²) in [6.45, 7) is 7.43. The van der Waals surface area contributed by atoms with Gasteiger partial charge in [-0.3, -0.25) is 0 Å². The first-order chi connectivity index (χ1) is 7.60. The number of nitrogens with one attached hydrogen (secondary N) is 1. The molecule has 1 aliphatic heterocycles. The lowest BCUT2D eigenvalue weighted by Gasteiger charge is -2.43. The average Bonchev–Trinajstić information content (AvgIpc) is 2.28. The molecule has 1 rings (SSSR count). The molecular formula is C13H28N2O. The Hall–Kier alpha value is -0.120. The summed E-state index contributed by atoms with van der Waals surface area (Å²) in [5.74, 6) is 0. The molecule has 0 aromatic rings. The minimum atomic E-state index is 0.306. The Morgan fingerprint density at radius 1 is 1.31 bits per heavy atom. The van der Waals surface area contributed by atoms with Crippen LogP contribution in [0.25, 0.3) is 0 Å². The molecule has 0 aromatic heterocycles. The molecule has 1 fully saturated rings. The van der Waals surface area contributed by atoms with Gasteiger partial charge < -0.3 is 15.0 Å². The van der Waals surface area contributed by atoms with Gasteiger partial charge in [-0.25, -0.2) is 0 Å². The van der Waals surface area contributed by atoms with Crippen LogP contribution in [0.2, 0.25) is 0 Å². The van der Waals surface area contributed by atoms with E-state index in [1.807, 2.05) is 0 Å². The van der Waals surface area contributed by atoms with E-state index in [1.54, 1.807) is 0 Å². The van der Waals surface area contributed by atoms with Gasteiger partial charge in [0.25, 0.3) is 0 Å². The molecule has 0 radical (unpaired) electrons. The largest absolute Gasteiger partial charge is 0.381 e. The average molecular weight is 228 g/mol. The predicted molar refractivity (Wildman–Crippen MR) is 68.8 cm³/mol. The topological polar surface area (TPSA) is 24.5 Å². The third kappa shape index (κ3) is 3.72. The van der Waals surface area contributed by atoms with E-state index >= 15 is 0 Å². The van der Waals surface area contributed by atoms with Crippen LogP contribution in [-0.4, -0.2) is 50.3 Å². The third-order valence-electron chi connectivity index (χ3n) is 3.87. The smallest absolute Gasteiger partial charge is 0.0484 e. The Bertz CT molecular complexity index is 188. The highest BCUT2D eigenvalue weighted by Crippen LogP contribution is 2.25. The van der Waals surface area contributed by atoms with E-state index in [9.17, 15) is 0 Å². The highest BCUT2D eigenvalue weighted by molar-refractivity contribution is 4.92. The summed E-state index contributed by atoms with van der Waals surface area (Å²) in [6, 6.07) is 0.629. The van der Waals surface area contributed by atoms with Crippen molar-refractivity contribution in [2.24, 2.45) is 0 Å². The minimum absolute atomic E-state index is 0.306. The van der Waals surface area contributed by atoms with Crippen molar-refractivity contribution < 1.29 is 4.74 Å². The molecular weight excluding hydrogens is 200 g/mol.